The molecule has 3 heterocycles. The van der Waals surface area contributed by atoms with Crippen LogP contribution in [0.2, 0.25) is 0 Å². The Morgan fingerprint density at radius 1 is 1.40 bits per heavy atom. The molecule has 2 aromatic heterocycles. The fourth-order valence-corrected chi connectivity index (χ4v) is 3.69. The number of pyridine rings is 1. The number of carbonyl (C=O) groups excluding carboxylic acids is 1. The largest absolute Gasteiger partial charge is 0.336 e. The molecule has 1 saturated heterocycles. The molecule has 1 amide bonds. The normalized spacial score (nSPS) is 24.0. The van der Waals surface area contributed by atoms with Crippen molar-refractivity contribution in [3.63, 3.8) is 0 Å². The lowest BCUT2D eigenvalue weighted by atomic mass is 10.0. The van der Waals surface area contributed by atoms with Gasteiger partial charge in [0, 0.05) is 36.8 Å². The van der Waals surface area contributed by atoms with Crippen LogP contribution in [0.15, 0.2) is 10.6 Å². The van der Waals surface area contributed by atoms with Crippen molar-refractivity contribution in [2.45, 2.75) is 64.5 Å². The molecule has 0 spiro atoms. The summed E-state index contributed by atoms with van der Waals surface area (Å²) in [6.07, 6.45) is 4.04. The van der Waals surface area contributed by atoms with Crippen LogP contribution in [-0.4, -0.2) is 46.1 Å². The van der Waals surface area contributed by atoms with E-state index < -0.39 is 0 Å². The van der Waals surface area contributed by atoms with Gasteiger partial charge in [0.1, 0.15) is 0 Å². The molecule has 2 aromatic rings. The number of aryl methyl sites for hydroxylation is 1. The number of piperazine rings is 1. The number of aromatic nitrogens is 2. The van der Waals surface area contributed by atoms with Crippen molar-refractivity contribution in [3.05, 3.63) is 23.0 Å². The van der Waals surface area contributed by atoms with Crippen LogP contribution >= 0.6 is 0 Å². The first-order valence-electron chi connectivity index (χ1n) is 9.43. The van der Waals surface area contributed by atoms with Gasteiger partial charge in [0.15, 0.2) is 0 Å². The van der Waals surface area contributed by atoms with Crippen LogP contribution in [0.4, 0.5) is 0 Å². The van der Waals surface area contributed by atoms with Gasteiger partial charge < -0.3 is 14.7 Å². The molecule has 134 valence electrons. The molecule has 1 saturated carbocycles. The van der Waals surface area contributed by atoms with E-state index >= 15 is 0 Å². The number of nitrogens with zero attached hydrogens (tertiary/aromatic N) is 3. The third kappa shape index (κ3) is 2.92. The Morgan fingerprint density at radius 3 is 2.92 bits per heavy atom. The van der Waals surface area contributed by atoms with E-state index in [-0.39, 0.29) is 18.0 Å². The Hall–Kier alpha value is -1.95. The van der Waals surface area contributed by atoms with Crippen molar-refractivity contribution < 1.29 is 9.32 Å². The van der Waals surface area contributed by atoms with Crippen molar-refractivity contribution in [2.24, 2.45) is 0 Å². The third-order valence-electron chi connectivity index (χ3n) is 5.54. The lowest BCUT2D eigenvalue weighted by Crippen LogP contribution is -2.57. The lowest BCUT2D eigenvalue weighted by molar-refractivity contribution is 0.0604. The van der Waals surface area contributed by atoms with Crippen molar-refractivity contribution in [3.8, 4) is 0 Å². The monoisotopic (exact) mass is 342 g/mol. The highest BCUT2D eigenvalue weighted by molar-refractivity contribution is 6.06. The summed E-state index contributed by atoms with van der Waals surface area (Å²) in [4.78, 5) is 20.1. The molecule has 0 aromatic carbocycles. The van der Waals surface area contributed by atoms with E-state index in [9.17, 15) is 4.79 Å². The average Bonchev–Trinajstić information content (AvgIpc) is 3.38. The van der Waals surface area contributed by atoms with E-state index in [0.29, 0.717) is 11.6 Å². The topological polar surface area (TPSA) is 71.3 Å². The van der Waals surface area contributed by atoms with Gasteiger partial charge in [-0.1, -0.05) is 18.5 Å². The summed E-state index contributed by atoms with van der Waals surface area (Å²) < 4.78 is 5.50. The van der Waals surface area contributed by atoms with E-state index in [1.165, 1.54) is 0 Å². The number of hydrogen-bond acceptors (Lipinski definition) is 5. The van der Waals surface area contributed by atoms with Crippen LogP contribution in [0.5, 0.6) is 0 Å². The standard InChI is InChI=1S/C19H26N4O2/c1-4-5-15-17-14(19(24)23-9-8-20-11(2)12(23)3)10-16(13-6-7-13)21-18(17)25-22-15/h10-13,20H,4-9H2,1-3H3. The summed E-state index contributed by atoms with van der Waals surface area (Å²) in [6.45, 7) is 7.89. The molecule has 2 fully saturated rings. The number of rotatable bonds is 4. The zero-order valence-electron chi connectivity index (χ0n) is 15.2. The molecular weight excluding hydrogens is 316 g/mol. The van der Waals surface area contributed by atoms with Gasteiger partial charge in [0.2, 0.25) is 0 Å². The first kappa shape index (κ1) is 16.5. The zero-order chi connectivity index (χ0) is 17.6. The molecule has 2 unspecified atom stereocenters. The maximum Gasteiger partial charge on any atom is 0.259 e. The van der Waals surface area contributed by atoms with Gasteiger partial charge in [-0.05, 0) is 39.2 Å². The Bertz CT molecular complexity index is 796. The number of amides is 1. The highest BCUT2D eigenvalue weighted by Gasteiger charge is 2.33. The Kier molecular flexibility index (Phi) is 4.23. The molecule has 2 atom stereocenters. The lowest BCUT2D eigenvalue weighted by Gasteiger charge is -2.38. The van der Waals surface area contributed by atoms with Crippen molar-refractivity contribution >= 4 is 17.0 Å². The van der Waals surface area contributed by atoms with Gasteiger partial charge in [-0.2, -0.15) is 0 Å². The van der Waals surface area contributed by atoms with Gasteiger partial charge in [-0.15, -0.1) is 0 Å². The smallest absolute Gasteiger partial charge is 0.259 e. The maximum atomic E-state index is 13.4. The fraction of sp³-hybridized carbons (Fsp3) is 0.632. The fourth-order valence-electron chi connectivity index (χ4n) is 3.69. The number of carbonyl (C=O) groups is 1. The first-order valence-corrected chi connectivity index (χ1v) is 9.43. The molecule has 6 nitrogen and oxygen atoms in total. The van der Waals surface area contributed by atoms with Gasteiger partial charge in [-0.25, -0.2) is 4.98 Å². The Labute approximate surface area is 148 Å². The second kappa shape index (κ2) is 6.41. The Morgan fingerprint density at radius 2 is 2.20 bits per heavy atom. The van der Waals surface area contributed by atoms with Crippen LogP contribution in [0.1, 0.15) is 67.7 Å². The van der Waals surface area contributed by atoms with Crippen LogP contribution in [-0.2, 0) is 6.42 Å². The summed E-state index contributed by atoms with van der Waals surface area (Å²) in [5.41, 5.74) is 3.07. The second-order valence-corrected chi connectivity index (χ2v) is 7.41. The predicted octanol–water partition coefficient (Wildman–Crippen LogP) is 2.88. The van der Waals surface area contributed by atoms with E-state index in [4.69, 9.17) is 4.52 Å². The van der Waals surface area contributed by atoms with Crippen molar-refractivity contribution in [1.29, 1.82) is 0 Å². The Balaban J connectivity index is 1.80. The molecule has 25 heavy (non-hydrogen) atoms. The quantitative estimate of drug-likeness (QED) is 0.925. The average molecular weight is 342 g/mol. The van der Waals surface area contributed by atoms with Crippen LogP contribution < -0.4 is 5.32 Å². The molecule has 1 aliphatic heterocycles. The van der Waals surface area contributed by atoms with E-state index in [1.54, 1.807) is 0 Å². The summed E-state index contributed by atoms with van der Waals surface area (Å²) >= 11 is 0. The van der Waals surface area contributed by atoms with Crippen LogP contribution in [0.3, 0.4) is 0 Å². The van der Waals surface area contributed by atoms with Gasteiger partial charge >= 0.3 is 0 Å². The van der Waals surface area contributed by atoms with Crippen molar-refractivity contribution in [2.75, 3.05) is 13.1 Å². The van der Waals surface area contributed by atoms with Crippen LogP contribution in [0, 0.1) is 0 Å². The minimum absolute atomic E-state index is 0.0794. The molecule has 0 bridgehead atoms. The minimum atomic E-state index is 0.0794. The molecule has 1 N–H and O–H groups in total. The molecule has 2 aliphatic rings. The third-order valence-corrected chi connectivity index (χ3v) is 5.54. The molecule has 6 heteroatoms. The predicted molar refractivity (Wildman–Crippen MR) is 95.7 cm³/mol. The highest BCUT2D eigenvalue weighted by Crippen LogP contribution is 2.40. The summed E-state index contributed by atoms with van der Waals surface area (Å²) in [5.74, 6) is 0.547. The highest BCUT2D eigenvalue weighted by atomic mass is 16.5. The van der Waals surface area contributed by atoms with E-state index in [2.05, 4.69) is 36.2 Å². The molecule has 1 aliphatic carbocycles. The first-order chi connectivity index (χ1) is 12.1. The van der Waals surface area contributed by atoms with E-state index in [1.807, 2.05) is 11.0 Å². The van der Waals surface area contributed by atoms with Crippen LogP contribution in [0.25, 0.3) is 11.1 Å². The SMILES string of the molecule is CCCc1noc2nc(C3CC3)cc(C(=O)N3CCNC(C)C3C)c12. The van der Waals surface area contributed by atoms with Gasteiger partial charge in [0.25, 0.3) is 11.6 Å². The minimum Gasteiger partial charge on any atom is -0.336 e. The second-order valence-electron chi connectivity index (χ2n) is 7.41. The summed E-state index contributed by atoms with van der Waals surface area (Å²) in [6, 6.07) is 2.44. The van der Waals surface area contributed by atoms with Gasteiger partial charge in [0.05, 0.1) is 16.6 Å². The molecule has 4 rings (SSSR count). The molecular formula is C19H26N4O2. The number of nitrogens with one attached hydrogen (secondary N) is 1. The van der Waals surface area contributed by atoms with E-state index in [0.717, 1.165) is 61.1 Å². The zero-order valence-corrected chi connectivity index (χ0v) is 15.2. The molecule has 0 radical (unpaired) electrons. The maximum absolute atomic E-state index is 13.4. The van der Waals surface area contributed by atoms with Gasteiger partial charge in [-0.3, -0.25) is 4.79 Å². The number of hydrogen-bond donors (Lipinski definition) is 1. The summed E-state index contributed by atoms with van der Waals surface area (Å²) in [5, 5.41) is 8.46. The number of fused-ring (bicyclic) bond motifs is 1. The summed E-state index contributed by atoms with van der Waals surface area (Å²) in [7, 11) is 0. The van der Waals surface area contributed by atoms with Crippen molar-refractivity contribution in [1.82, 2.24) is 20.4 Å².